The normalized spacial score (nSPS) is 18.5. The zero-order valence-electron chi connectivity index (χ0n) is 11.4. The number of hydrogen-bond donors (Lipinski definition) is 1. The molecule has 0 spiro atoms. The average molecular weight is 308 g/mol. The minimum atomic E-state index is -0.401. The van der Waals surface area contributed by atoms with Gasteiger partial charge in [-0.2, -0.15) is 0 Å². The minimum Gasteiger partial charge on any atom is -0.326 e. The fourth-order valence-electron chi connectivity index (χ4n) is 1.89. The molecule has 0 saturated carbocycles. The molecule has 20 heavy (non-hydrogen) atoms. The molecular formula is C14H16N2O2S2. The number of anilines is 1. The first-order valence-corrected chi connectivity index (χ1v) is 7.67. The Bertz CT molecular complexity index is 543. The molecule has 1 N–H and O–H groups in total. The SMILES string of the molecule is CCc1ccc(NC(=O)CC2SC(=S)N(C)C2=O)cc1. The molecule has 6 heteroatoms. The first kappa shape index (κ1) is 15.0. The lowest BCUT2D eigenvalue weighted by molar-refractivity contribution is -0.127. The largest absolute Gasteiger partial charge is 0.326 e. The van der Waals surface area contributed by atoms with E-state index in [1.165, 1.54) is 22.2 Å². The van der Waals surface area contributed by atoms with Crippen LogP contribution in [0, 0.1) is 0 Å². The van der Waals surface area contributed by atoms with Crippen molar-refractivity contribution >= 4 is 45.8 Å². The Balaban J connectivity index is 1.92. The van der Waals surface area contributed by atoms with Crippen LogP contribution >= 0.6 is 24.0 Å². The molecule has 1 fully saturated rings. The third kappa shape index (κ3) is 3.37. The maximum atomic E-state index is 11.9. The Morgan fingerprint density at radius 1 is 1.40 bits per heavy atom. The van der Waals surface area contributed by atoms with Crippen LogP contribution in [-0.4, -0.2) is 33.3 Å². The third-order valence-corrected chi connectivity index (χ3v) is 4.83. The molecule has 1 saturated heterocycles. The molecule has 1 aromatic rings. The number of rotatable bonds is 4. The van der Waals surface area contributed by atoms with Gasteiger partial charge in [0.05, 0.1) is 5.25 Å². The molecule has 1 aromatic carbocycles. The van der Waals surface area contributed by atoms with Crippen molar-refractivity contribution in [1.82, 2.24) is 4.90 Å². The first-order chi connectivity index (χ1) is 9.51. The van der Waals surface area contributed by atoms with E-state index in [4.69, 9.17) is 12.2 Å². The van der Waals surface area contributed by atoms with E-state index in [1.54, 1.807) is 7.05 Å². The van der Waals surface area contributed by atoms with Crippen molar-refractivity contribution in [1.29, 1.82) is 0 Å². The summed E-state index contributed by atoms with van der Waals surface area (Å²) >= 11 is 6.32. The fourth-order valence-corrected chi connectivity index (χ4v) is 3.31. The number of nitrogens with one attached hydrogen (secondary N) is 1. The Labute approximate surface area is 127 Å². The molecule has 4 nitrogen and oxygen atoms in total. The number of carbonyl (C=O) groups is 2. The van der Waals surface area contributed by atoms with Crippen LogP contribution in [0.5, 0.6) is 0 Å². The van der Waals surface area contributed by atoms with E-state index >= 15 is 0 Å². The van der Waals surface area contributed by atoms with Gasteiger partial charge in [-0.3, -0.25) is 14.5 Å². The summed E-state index contributed by atoms with van der Waals surface area (Å²) in [4.78, 5) is 25.2. The number of thioether (sulfide) groups is 1. The molecule has 106 valence electrons. The molecular weight excluding hydrogens is 292 g/mol. The lowest BCUT2D eigenvalue weighted by Crippen LogP contribution is -2.29. The smallest absolute Gasteiger partial charge is 0.241 e. The van der Waals surface area contributed by atoms with E-state index in [2.05, 4.69) is 12.2 Å². The summed E-state index contributed by atoms with van der Waals surface area (Å²) in [5.41, 5.74) is 1.97. The summed E-state index contributed by atoms with van der Waals surface area (Å²) in [6.07, 6.45) is 1.11. The van der Waals surface area contributed by atoms with Gasteiger partial charge >= 0.3 is 0 Å². The second-order valence-electron chi connectivity index (χ2n) is 4.57. The highest BCUT2D eigenvalue weighted by atomic mass is 32.2. The van der Waals surface area contributed by atoms with Gasteiger partial charge in [0, 0.05) is 19.2 Å². The number of aryl methyl sites for hydroxylation is 1. The number of nitrogens with zero attached hydrogens (tertiary/aromatic N) is 1. The summed E-state index contributed by atoms with van der Waals surface area (Å²) in [6.45, 7) is 2.08. The summed E-state index contributed by atoms with van der Waals surface area (Å²) in [6, 6.07) is 7.70. The molecule has 0 radical (unpaired) electrons. The molecule has 0 bridgehead atoms. The number of hydrogen-bond acceptors (Lipinski definition) is 4. The topological polar surface area (TPSA) is 49.4 Å². The van der Waals surface area contributed by atoms with Crippen LogP contribution in [0.25, 0.3) is 0 Å². The van der Waals surface area contributed by atoms with E-state index in [0.717, 1.165) is 12.1 Å². The second-order valence-corrected chi connectivity index (χ2v) is 6.41. The zero-order chi connectivity index (χ0) is 14.7. The van der Waals surface area contributed by atoms with Crippen molar-refractivity contribution in [3.05, 3.63) is 29.8 Å². The van der Waals surface area contributed by atoms with Crippen molar-refractivity contribution < 1.29 is 9.59 Å². The van der Waals surface area contributed by atoms with Crippen molar-refractivity contribution in [2.75, 3.05) is 12.4 Å². The van der Waals surface area contributed by atoms with E-state index in [1.807, 2.05) is 24.3 Å². The summed E-state index contributed by atoms with van der Waals surface area (Å²) in [5, 5.41) is 2.40. The van der Waals surface area contributed by atoms with Crippen LogP contribution in [-0.2, 0) is 16.0 Å². The van der Waals surface area contributed by atoms with Crippen LogP contribution in [0.2, 0.25) is 0 Å². The Morgan fingerprint density at radius 3 is 2.55 bits per heavy atom. The summed E-state index contributed by atoms with van der Waals surface area (Å²) < 4.78 is 0.528. The van der Waals surface area contributed by atoms with Gasteiger partial charge in [-0.05, 0) is 24.1 Å². The highest BCUT2D eigenvalue weighted by Crippen LogP contribution is 2.28. The quantitative estimate of drug-likeness (QED) is 0.868. The van der Waals surface area contributed by atoms with Gasteiger partial charge in [-0.1, -0.05) is 43.0 Å². The van der Waals surface area contributed by atoms with Crippen molar-refractivity contribution in [2.45, 2.75) is 25.0 Å². The van der Waals surface area contributed by atoms with Crippen molar-refractivity contribution in [2.24, 2.45) is 0 Å². The predicted molar refractivity (Wildman–Crippen MR) is 85.8 cm³/mol. The molecule has 1 aliphatic heterocycles. The number of benzene rings is 1. The molecule has 1 aliphatic rings. The van der Waals surface area contributed by atoms with E-state index in [-0.39, 0.29) is 18.2 Å². The predicted octanol–water partition coefficient (Wildman–Crippen LogP) is 2.44. The van der Waals surface area contributed by atoms with E-state index in [0.29, 0.717) is 4.32 Å². The summed E-state index contributed by atoms with van der Waals surface area (Å²) in [7, 11) is 1.64. The third-order valence-electron chi connectivity index (χ3n) is 3.14. The van der Waals surface area contributed by atoms with Crippen LogP contribution in [0.4, 0.5) is 5.69 Å². The minimum absolute atomic E-state index is 0.100. The maximum absolute atomic E-state index is 11.9. The van der Waals surface area contributed by atoms with Gasteiger partial charge in [-0.25, -0.2) is 0 Å². The monoisotopic (exact) mass is 308 g/mol. The van der Waals surface area contributed by atoms with Gasteiger partial charge in [0.15, 0.2) is 0 Å². The van der Waals surface area contributed by atoms with Crippen LogP contribution in [0.1, 0.15) is 18.9 Å². The van der Waals surface area contributed by atoms with Gasteiger partial charge in [0.1, 0.15) is 4.32 Å². The summed E-state index contributed by atoms with van der Waals surface area (Å²) in [5.74, 6) is -0.269. The van der Waals surface area contributed by atoms with Crippen LogP contribution in [0.15, 0.2) is 24.3 Å². The molecule has 1 unspecified atom stereocenters. The molecule has 2 rings (SSSR count). The molecule has 1 atom stereocenters. The first-order valence-electron chi connectivity index (χ1n) is 6.38. The van der Waals surface area contributed by atoms with Gasteiger partial charge < -0.3 is 5.32 Å². The van der Waals surface area contributed by atoms with E-state index in [9.17, 15) is 9.59 Å². The Hall–Kier alpha value is -1.40. The number of thiocarbonyl (C=S) groups is 1. The highest BCUT2D eigenvalue weighted by molar-refractivity contribution is 8.24. The lowest BCUT2D eigenvalue weighted by Gasteiger charge is -2.09. The highest BCUT2D eigenvalue weighted by Gasteiger charge is 2.35. The zero-order valence-corrected chi connectivity index (χ0v) is 13.0. The van der Waals surface area contributed by atoms with Gasteiger partial charge in [0.2, 0.25) is 11.8 Å². The fraction of sp³-hybridized carbons (Fsp3) is 0.357. The van der Waals surface area contributed by atoms with Crippen molar-refractivity contribution in [3.63, 3.8) is 0 Å². The average Bonchev–Trinajstić information content (AvgIpc) is 2.67. The Morgan fingerprint density at radius 2 is 2.05 bits per heavy atom. The molecule has 0 aliphatic carbocycles. The Kier molecular flexibility index (Phi) is 4.77. The van der Waals surface area contributed by atoms with E-state index < -0.39 is 5.25 Å². The maximum Gasteiger partial charge on any atom is 0.241 e. The molecule has 0 aromatic heterocycles. The lowest BCUT2D eigenvalue weighted by atomic mass is 10.1. The molecule has 1 heterocycles. The second kappa shape index (κ2) is 6.37. The van der Waals surface area contributed by atoms with Crippen LogP contribution in [0.3, 0.4) is 0 Å². The number of carbonyl (C=O) groups excluding carboxylic acids is 2. The van der Waals surface area contributed by atoms with Gasteiger partial charge in [0.25, 0.3) is 0 Å². The standard InChI is InChI=1S/C14H16N2O2S2/c1-3-9-4-6-10(7-5-9)15-12(17)8-11-13(18)16(2)14(19)20-11/h4-7,11H,3,8H2,1-2H3,(H,15,17). The van der Waals surface area contributed by atoms with Gasteiger partial charge in [-0.15, -0.1) is 0 Å². The molecule has 2 amide bonds. The van der Waals surface area contributed by atoms with Crippen molar-refractivity contribution in [3.8, 4) is 0 Å². The number of amides is 2. The van der Waals surface area contributed by atoms with Crippen LogP contribution < -0.4 is 5.32 Å².